The van der Waals surface area contributed by atoms with Crippen molar-refractivity contribution >= 4 is 5.91 Å². The molecule has 0 aromatic heterocycles. The third-order valence-electron chi connectivity index (χ3n) is 3.37. The molecule has 1 rings (SSSR count). The van der Waals surface area contributed by atoms with Crippen LogP contribution in [0, 0.1) is 5.92 Å². The van der Waals surface area contributed by atoms with Crippen molar-refractivity contribution in [1.29, 1.82) is 0 Å². The van der Waals surface area contributed by atoms with Gasteiger partial charge in [0.1, 0.15) is 0 Å². The Morgan fingerprint density at radius 3 is 3.00 bits per heavy atom. The van der Waals surface area contributed by atoms with Crippen LogP contribution in [0.2, 0.25) is 0 Å². The van der Waals surface area contributed by atoms with Crippen LogP contribution in [-0.2, 0) is 4.79 Å². The molecule has 1 aliphatic rings. The summed E-state index contributed by atoms with van der Waals surface area (Å²) >= 11 is 0. The molecule has 0 radical (unpaired) electrons. The zero-order valence-electron chi connectivity index (χ0n) is 11.2. The van der Waals surface area contributed by atoms with Crippen molar-refractivity contribution in [3.8, 4) is 0 Å². The highest BCUT2D eigenvalue weighted by molar-refractivity contribution is 5.75. The quantitative estimate of drug-likeness (QED) is 0.728. The molecular weight excluding hydrogens is 214 g/mol. The largest absolute Gasteiger partial charge is 0.356 e. The molecule has 0 saturated carbocycles. The summed E-state index contributed by atoms with van der Waals surface area (Å²) in [5, 5.41) is 3.04. The smallest absolute Gasteiger partial charge is 0.220 e. The molecule has 17 heavy (non-hydrogen) atoms. The number of hydrogen-bond acceptors (Lipinski definition) is 3. The van der Waals surface area contributed by atoms with E-state index in [2.05, 4.69) is 17.3 Å². The van der Waals surface area contributed by atoms with Crippen LogP contribution in [0.5, 0.6) is 0 Å². The summed E-state index contributed by atoms with van der Waals surface area (Å²) in [6.07, 6.45) is 4.93. The van der Waals surface area contributed by atoms with Gasteiger partial charge in [-0.05, 0) is 52.1 Å². The van der Waals surface area contributed by atoms with Crippen LogP contribution in [0.3, 0.4) is 0 Å². The third kappa shape index (κ3) is 6.64. The minimum Gasteiger partial charge on any atom is -0.356 e. The van der Waals surface area contributed by atoms with E-state index in [1.807, 2.05) is 6.92 Å². The van der Waals surface area contributed by atoms with Gasteiger partial charge in [0, 0.05) is 25.6 Å². The van der Waals surface area contributed by atoms with E-state index in [4.69, 9.17) is 5.73 Å². The van der Waals surface area contributed by atoms with E-state index in [-0.39, 0.29) is 11.9 Å². The predicted molar refractivity (Wildman–Crippen MR) is 70.7 cm³/mol. The second-order valence-electron chi connectivity index (χ2n) is 5.44. The second-order valence-corrected chi connectivity index (χ2v) is 5.44. The van der Waals surface area contributed by atoms with Crippen LogP contribution in [-0.4, -0.2) is 43.5 Å². The molecule has 4 heteroatoms. The Morgan fingerprint density at radius 1 is 1.59 bits per heavy atom. The molecule has 1 amide bonds. The summed E-state index contributed by atoms with van der Waals surface area (Å²) in [6, 6.07) is 0.204. The van der Waals surface area contributed by atoms with E-state index in [0.717, 1.165) is 25.9 Å². The van der Waals surface area contributed by atoms with Gasteiger partial charge in [-0.2, -0.15) is 0 Å². The van der Waals surface area contributed by atoms with Gasteiger partial charge in [0.25, 0.3) is 0 Å². The Hall–Kier alpha value is -0.610. The number of carbonyl (C=O) groups is 1. The molecule has 1 fully saturated rings. The summed E-state index contributed by atoms with van der Waals surface area (Å²) < 4.78 is 0. The predicted octanol–water partition coefficient (Wildman–Crippen LogP) is 0.962. The van der Waals surface area contributed by atoms with Crippen molar-refractivity contribution in [1.82, 2.24) is 10.2 Å². The van der Waals surface area contributed by atoms with E-state index in [1.54, 1.807) is 0 Å². The fraction of sp³-hybridized carbons (Fsp3) is 0.923. The Labute approximate surface area is 105 Å². The Morgan fingerprint density at radius 2 is 2.35 bits per heavy atom. The van der Waals surface area contributed by atoms with Gasteiger partial charge in [0.2, 0.25) is 5.91 Å². The minimum absolute atomic E-state index is 0.180. The number of carbonyl (C=O) groups excluding carboxylic acids is 1. The van der Waals surface area contributed by atoms with E-state index < -0.39 is 0 Å². The Bertz CT molecular complexity index is 231. The molecule has 4 nitrogen and oxygen atoms in total. The van der Waals surface area contributed by atoms with Gasteiger partial charge in [0.05, 0.1) is 0 Å². The first-order chi connectivity index (χ1) is 8.08. The fourth-order valence-corrected chi connectivity index (χ4v) is 2.37. The van der Waals surface area contributed by atoms with Crippen molar-refractivity contribution in [3.63, 3.8) is 0 Å². The molecular formula is C13H27N3O. The van der Waals surface area contributed by atoms with Gasteiger partial charge in [-0.1, -0.05) is 0 Å². The number of hydrogen-bond donors (Lipinski definition) is 2. The van der Waals surface area contributed by atoms with Crippen LogP contribution < -0.4 is 11.1 Å². The van der Waals surface area contributed by atoms with Gasteiger partial charge < -0.3 is 16.0 Å². The highest BCUT2D eigenvalue weighted by Gasteiger charge is 2.17. The SMILES string of the molecule is CC(N)CCCC(=O)NCC1CCCN(C)C1. The van der Waals surface area contributed by atoms with Crippen LogP contribution in [0.15, 0.2) is 0 Å². The van der Waals surface area contributed by atoms with Gasteiger partial charge >= 0.3 is 0 Å². The first kappa shape index (κ1) is 14.5. The molecule has 1 saturated heterocycles. The summed E-state index contributed by atoms with van der Waals surface area (Å²) in [5.74, 6) is 0.810. The number of nitrogens with one attached hydrogen (secondary N) is 1. The zero-order chi connectivity index (χ0) is 12.7. The number of nitrogens with two attached hydrogens (primary N) is 1. The summed E-state index contributed by atoms with van der Waals surface area (Å²) in [6.45, 7) is 5.12. The molecule has 0 aromatic rings. The minimum atomic E-state index is 0.180. The standard InChI is InChI=1S/C13H27N3O/c1-11(14)5-3-7-13(17)15-9-12-6-4-8-16(2)10-12/h11-12H,3-10,14H2,1-2H3,(H,15,17). The van der Waals surface area contributed by atoms with Crippen molar-refractivity contribution < 1.29 is 4.79 Å². The van der Waals surface area contributed by atoms with Gasteiger partial charge in [-0.3, -0.25) is 4.79 Å². The van der Waals surface area contributed by atoms with Crippen molar-refractivity contribution in [2.75, 3.05) is 26.7 Å². The topological polar surface area (TPSA) is 58.4 Å². The van der Waals surface area contributed by atoms with Gasteiger partial charge in [0.15, 0.2) is 0 Å². The molecule has 2 atom stereocenters. The van der Waals surface area contributed by atoms with Crippen LogP contribution >= 0.6 is 0 Å². The lowest BCUT2D eigenvalue weighted by Gasteiger charge is -2.29. The first-order valence-corrected chi connectivity index (χ1v) is 6.78. The van der Waals surface area contributed by atoms with Crippen LogP contribution in [0.1, 0.15) is 39.0 Å². The van der Waals surface area contributed by atoms with E-state index in [1.165, 1.54) is 19.4 Å². The summed E-state index contributed by atoms with van der Waals surface area (Å²) in [4.78, 5) is 13.9. The lowest BCUT2D eigenvalue weighted by atomic mass is 9.98. The maximum absolute atomic E-state index is 11.6. The molecule has 0 bridgehead atoms. The summed E-state index contributed by atoms with van der Waals surface area (Å²) in [5.41, 5.74) is 5.65. The Kier molecular flexibility index (Phi) is 6.52. The van der Waals surface area contributed by atoms with Gasteiger partial charge in [-0.25, -0.2) is 0 Å². The number of amides is 1. The van der Waals surface area contributed by atoms with Crippen LogP contribution in [0.4, 0.5) is 0 Å². The maximum atomic E-state index is 11.6. The molecule has 0 aromatic carbocycles. The highest BCUT2D eigenvalue weighted by atomic mass is 16.1. The highest BCUT2D eigenvalue weighted by Crippen LogP contribution is 2.13. The summed E-state index contributed by atoms with van der Waals surface area (Å²) in [7, 11) is 2.15. The third-order valence-corrected chi connectivity index (χ3v) is 3.37. The van der Waals surface area contributed by atoms with Gasteiger partial charge in [-0.15, -0.1) is 0 Å². The van der Waals surface area contributed by atoms with Crippen molar-refractivity contribution in [2.24, 2.45) is 11.7 Å². The van der Waals surface area contributed by atoms with E-state index in [9.17, 15) is 4.79 Å². The lowest BCUT2D eigenvalue weighted by molar-refractivity contribution is -0.121. The average molecular weight is 241 g/mol. The number of likely N-dealkylation sites (tertiary alicyclic amines) is 1. The van der Waals surface area contributed by atoms with Crippen LogP contribution in [0.25, 0.3) is 0 Å². The molecule has 1 heterocycles. The average Bonchev–Trinajstić information content (AvgIpc) is 2.26. The lowest BCUT2D eigenvalue weighted by Crippen LogP contribution is -2.39. The molecule has 100 valence electrons. The maximum Gasteiger partial charge on any atom is 0.220 e. The number of piperidine rings is 1. The molecule has 1 aliphatic heterocycles. The normalized spacial score (nSPS) is 23.4. The monoisotopic (exact) mass is 241 g/mol. The fourth-order valence-electron chi connectivity index (χ4n) is 2.37. The Balaban J connectivity index is 2.06. The number of nitrogens with zero attached hydrogens (tertiary/aromatic N) is 1. The first-order valence-electron chi connectivity index (χ1n) is 6.78. The molecule has 0 aliphatic carbocycles. The van der Waals surface area contributed by atoms with E-state index >= 15 is 0 Å². The molecule has 2 unspecified atom stereocenters. The zero-order valence-corrected chi connectivity index (χ0v) is 11.2. The van der Waals surface area contributed by atoms with Crippen molar-refractivity contribution in [2.45, 2.75) is 45.1 Å². The van der Waals surface area contributed by atoms with E-state index in [0.29, 0.717) is 12.3 Å². The second kappa shape index (κ2) is 7.67. The number of rotatable bonds is 6. The molecule has 0 spiro atoms. The van der Waals surface area contributed by atoms with Crippen molar-refractivity contribution in [3.05, 3.63) is 0 Å². The molecule has 3 N–H and O–H groups in total.